The molecular formula is C21H18N4O3. The van der Waals surface area contributed by atoms with E-state index in [0.717, 1.165) is 16.9 Å². The summed E-state index contributed by atoms with van der Waals surface area (Å²) >= 11 is 0. The van der Waals surface area contributed by atoms with Crippen LogP contribution in [0.5, 0.6) is 5.75 Å². The highest BCUT2D eigenvalue weighted by atomic mass is 16.5. The summed E-state index contributed by atoms with van der Waals surface area (Å²) in [7, 11) is 1.60. The lowest BCUT2D eigenvalue weighted by Gasteiger charge is -2.11. The van der Waals surface area contributed by atoms with Gasteiger partial charge in [-0.25, -0.2) is 4.98 Å². The SMILES string of the molecule is COc1ccc(NC(=O)c2cc(-c3ccccc3)on2)cc1-n1cnc(C)c1. The van der Waals surface area contributed by atoms with Crippen LogP contribution in [0.4, 0.5) is 5.69 Å². The largest absolute Gasteiger partial charge is 0.495 e. The topological polar surface area (TPSA) is 82.2 Å². The Morgan fingerprint density at radius 2 is 1.96 bits per heavy atom. The first-order valence-corrected chi connectivity index (χ1v) is 8.66. The van der Waals surface area contributed by atoms with Crippen LogP contribution in [-0.2, 0) is 0 Å². The van der Waals surface area contributed by atoms with E-state index < -0.39 is 0 Å². The Balaban J connectivity index is 1.57. The highest BCUT2D eigenvalue weighted by Crippen LogP contribution is 2.27. The maximum Gasteiger partial charge on any atom is 0.277 e. The number of rotatable bonds is 5. The Bertz CT molecular complexity index is 1120. The molecule has 4 rings (SSSR count). The summed E-state index contributed by atoms with van der Waals surface area (Å²) in [6, 6.07) is 16.5. The van der Waals surface area contributed by atoms with Gasteiger partial charge in [-0.3, -0.25) is 4.79 Å². The van der Waals surface area contributed by atoms with Crippen molar-refractivity contribution in [2.45, 2.75) is 6.92 Å². The quantitative estimate of drug-likeness (QED) is 0.569. The molecule has 2 heterocycles. The molecule has 7 nitrogen and oxygen atoms in total. The molecule has 0 radical (unpaired) electrons. The molecule has 0 spiro atoms. The van der Waals surface area contributed by atoms with Gasteiger partial charge in [0.25, 0.3) is 5.91 Å². The van der Waals surface area contributed by atoms with E-state index in [4.69, 9.17) is 9.26 Å². The molecule has 0 saturated carbocycles. The molecule has 0 aliphatic rings. The van der Waals surface area contributed by atoms with E-state index in [-0.39, 0.29) is 11.6 Å². The van der Waals surface area contributed by atoms with Gasteiger partial charge in [-0.15, -0.1) is 0 Å². The molecule has 0 bridgehead atoms. The number of aromatic nitrogens is 3. The van der Waals surface area contributed by atoms with Crippen molar-refractivity contribution in [3.8, 4) is 22.8 Å². The summed E-state index contributed by atoms with van der Waals surface area (Å²) in [5.41, 5.74) is 3.32. The number of carbonyl (C=O) groups excluding carboxylic acids is 1. The third-order valence-corrected chi connectivity index (χ3v) is 4.23. The Kier molecular flexibility index (Phi) is 4.63. The van der Waals surface area contributed by atoms with Crippen LogP contribution in [0.1, 0.15) is 16.2 Å². The van der Waals surface area contributed by atoms with Crippen LogP contribution in [0.3, 0.4) is 0 Å². The molecule has 7 heteroatoms. The van der Waals surface area contributed by atoms with Crippen molar-refractivity contribution in [2.24, 2.45) is 0 Å². The van der Waals surface area contributed by atoms with Crippen molar-refractivity contribution in [1.82, 2.24) is 14.7 Å². The Morgan fingerprint density at radius 3 is 2.68 bits per heavy atom. The van der Waals surface area contributed by atoms with Crippen LogP contribution in [0, 0.1) is 6.92 Å². The molecule has 0 atom stereocenters. The van der Waals surface area contributed by atoms with Gasteiger partial charge in [0.15, 0.2) is 11.5 Å². The molecule has 0 aliphatic heterocycles. The van der Waals surface area contributed by atoms with E-state index in [9.17, 15) is 4.79 Å². The zero-order chi connectivity index (χ0) is 19.5. The van der Waals surface area contributed by atoms with Gasteiger partial charge in [0.05, 0.1) is 24.8 Å². The summed E-state index contributed by atoms with van der Waals surface area (Å²) < 4.78 is 12.6. The average Bonchev–Trinajstić information content (AvgIpc) is 3.38. The molecule has 1 N–H and O–H groups in total. The number of benzene rings is 2. The number of aryl methyl sites for hydroxylation is 1. The lowest BCUT2D eigenvalue weighted by molar-refractivity contribution is 0.101. The second-order valence-electron chi connectivity index (χ2n) is 6.21. The molecule has 1 amide bonds. The van der Waals surface area contributed by atoms with E-state index in [1.165, 1.54) is 0 Å². The Morgan fingerprint density at radius 1 is 1.14 bits per heavy atom. The lowest BCUT2D eigenvalue weighted by Crippen LogP contribution is -2.12. The monoisotopic (exact) mass is 374 g/mol. The van der Waals surface area contributed by atoms with Gasteiger partial charge < -0.3 is 19.1 Å². The number of anilines is 1. The van der Waals surface area contributed by atoms with Gasteiger partial charge in [-0.2, -0.15) is 0 Å². The summed E-state index contributed by atoms with van der Waals surface area (Å²) in [5, 5.41) is 6.72. The number of hydrogen-bond acceptors (Lipinski definition) is 5. The number of carbonyl (C=O) groups is 1. The molecule has 0 aliphatic carbocycles. The number of imidazole rings is 1. The normalized spacial score (nSPS) is 10.6. The standard InChI is InChI=1S/C21H18N4O3/c1-14-12-25(13-22-14)18-10-16(8-9-19(18)27-2)23-21(26)17-11-20(28-24-17)15-6-4-3-5-7-15/h3-13H,1-2H3,(H,23,26). The van der Waals surface area contributed by atoms with Crippen LogP contribution >= 0.6 is 0 Å². The molecule has 2 aromatic carbocycles. The van der Waals surface area contributed by atoms with E-state index in [2.05, 4.69) is 15.5 Å². The molecule has 0 saturated heterocycles. The molecule has 0 unspecified atom stereocenters. The number of methoxy groups -OCH3 is 1. The molecule has 140 valence electrons. The van der Waals surface area contributed by atoms with Crippen molar-refractivity contribution >= 4 is 11.6 Å². The Hall–Kier alpha value is -3.87. The first-order valence-electron chi connectivity index (χ1n) is 8.66. The van der Waals surface area contributed by atoms with Crippen molar-refractivity contribution < 1.29 is 14.1 Å². The predicted molar refractivity (Wildman–Crippen MR) is 105 cm³/mol. The van der Waals surface area contributed by atoms with Crippen LogP contribution in [0.15, 0.2) is 71.6 Å². The van der Waals surface area contributed by atoms with Crippen LogP contribution < -0.4 is 10.1 Å². The van der Waals surface area contributed by atoms with Crippen LogP contribution in [0.25, 0.3) is 17.0 Å². The highest BCUT2D eigenvalue weighted by Gasteiger charge is 2.15. The summed E-state index contributed by atoms with van der Waals surface area (Å²) in [6.07, 6.45) is 3.58. The second kappa shape index (κ2) is 7.40. The van der Waals surface area contributed by atoms with Gasteiger partial charge in [-0.1, -0.05) is 35.5 Å². The molecular weight excluding hydrogens is 356 g/mol. The summed E-state index contributed by atoms with van der Waals surface area (Å²) in [6.45, 7) is 1.91. The van der Waals surface area contributed by atoms with Crippen LogP contribution in [0.2, 0.25) is 0 Å². The molecule has 4 aromatic rings. The van der Waals surface area contributed by atoms with Gasteiger partial charge in [0.2, 0.25) is 0 Å². The second-order valence-corrected chi connectivity index (χ2v) is 6.21. The van der Waals surface area contributed by atoms with Crippen molar-refractivity contribution in [2.75, 3.05) is 12.4 Å². The first kappa shape index (κ1) is 17.5. The van der Waals surface area contributed by atoms with Gasteiger partial charge >= 0.3 is 0 Å². The fourth-order valence-electron chi connectivity index (χ4n) is 2.84. The van der Waals surface area contributed by atoms with E-state index in [0.29, 0.717) is 17.2 Å². The average molecular weight is 374 g/mol. The zero-order valence-corrected chi connectivity index (χ0v) is 15.4. The fourth-order valence-corrected chi connectivity index (χ4v) is 2.84. The summed E-state index contributed by atoms with van der Waals surface area (Å²) in [5.74, 6) is 0.849. The third kappa shape index (κ3) is 3.50. The minimum atomic E-state index is -0.358. The van der Waals surface area contributed by atoms with E-state index >= 15 is 0 Å². The van der Waals surface area contributed by atoms with E-state index in [1.54, 1.807) is 31.6 Å². The minimum Gasteiger partial charge on any atom is -0.495 e. The van der Waals surface area contributed by atoms with Crippen molar-refractivity contribution in [3.63, 3.8) is 0 Å². The smallest absolute Gasteiger partial charge is 0.277 e. The van der Waals surface area contributed by atoms with Gasteiger partial charge in [0, 0.05) is 23.5 Å². The molecule has 0 fully saturated rings. The number of nitrogens with zero attached hydrogens (tertiary/aromatic N) is 3. The lowest BCUT2D eigenvalue weighted by atomic mass is 10.1. The number of amides is 1. The maximum atomic E-state index is 12.6. The number of nitrogens with one attached hydrogen (secondary N) is 1. The number of hydrogen-bond donors (Lipinski definition) is 1. The van der Waals surface area contributed by atoms with Crippen molar-refractivity contribution in [3.05, 3.63) is 78.5 Å². The minimum absolute atomic E-state index is 0.203. The fraction of sp³-hybridized carbons (Fsp3) is 0.0952. The first-order chi connectivity index (χ1) is 13.6. The highest BCUT2D eigenvalue weighted by molar-refractivity contribution is 6.03. The number of ether oxygens (including phenoxy) is 1. The van der Waals surface area contributed by atoms with E-state index in [1.807, 2.05) is 54.1 Å². The Labute approximate surface area is 161 Å². The zero-order valence-electron chi connectivity index (χ0n) is 15.4. The third-order valence-electron chi connectivity index (χ3n) is 4.23. The van der Waals surface area contributed by atoms with Gasteiger partial charge in [0.1, 0.15) is 5.75 Å². The predicted octanol–water partition coefficient (Wildman–Crippen LogP) is 4.10. The molecule has 28 heavy (non-hydrogen) atoms. The van der Waals surface area contributed by atoms with Gasteiger partial charge in [-0.05, 0) is 25.1 Å². The summed E-state index contributed by atoms with van der Waals surface area (Å²) in [4.78, 5) is 16.8. The van der Waals surface area contributed by atoms with Crippen molar-refractivity contribution in [1.29, 1.82) is 0 Å². The molecule has 2 aromatic heterocycles. The van der Waals surface area contributed by atoms with Crippen LogP contribution in [-0.4, -0.2) is 27.7 Å². The maximum absolute atomic E-state index is 12.6.